The molecule has 0 saturated heterocycles. The Hall–Kier alpha value is -3.08. The van der Waals surface area contributed by atoms with Crippen molar-refractivity contribution < 1.29 is 19.4 Å². The van der Waals surface area contributed by atoms with E-state index in [9.17, 15) is 14.7 Å². The minimum Gasteiger partial charge on any atom is -0.494 e. The van der Waals surface area contributed by atoms with Crippen LogP contribution in [0.15, 0.2) is 60.7 Å². The third kappa shape index (κ3) is 7.36. The molecule has 5 heteroatoms. The fraction of sp³-hybridized carbons (Fsp3) is 0.273. The average Bonchev–Trinajstić information content (AvgIpc) is 2.68. The lowest BCUT2D eigenvalue weighted by Gasteiger charge is -2.13. The van der Waals surface area contributed by atoms with Crippen LogP contribution >= 0.6 is 0 Å². The zero-order valence-corrected chi connectivity index (χ0v) is 15.4. The quantitative estimate of drug-likeness (QED) is 0.496. The Balaban J connectivity index is 1.89. The van der Waals surface area contributed by atoms with Gasteiger partial charge in [0.2, 0.25) is 5.91 Å². The summed E-state index contributed by atoms with van der Waals surface area (Å²) < 4.78 is 5.59. The predicted octanol–water partition coefficient (Wildman–Crippen LogP) is 3.69. The molecule has 1 amide bonds. The summed E-state index contributed by atoms with van der Waals surface area (Å²) in [4.78, 5) is 23.5. The molecule has 0 aromatic heterocycles. The summed E-state index contributed by atoms with van der Waals surface area (Å²) in [6.45, 7) is 2.79. The van der Waals surface area contributed by atoms with Crippen LogP contribution in [0.2, 0.25) is 0 Å². The topological polar surface area (TPSA) is 75.6 Å². The highest BCUT2D eigenvalue weighted by atomic mass is 16.5. The van der Waals surface area contributed by atoms with Crippen molar-refractivity contribution in [2.75, 3.05) is 6.61 Å². The number of carboxylic acid groups (broad SMARTS) is 1. The normalized spacial score (nSPS) is 11.9. The Bertz CT molecular complexity index is 754. The predicted molar refractivity (Wildman–Crippen MR) is 106 cm³/mol. The molecule has 2 aromatic carbocycles. The maximum atomic E-state index is 12.1. The highest BCUT2D eigenvalue weighted by molar-refractivity contribution is 5.94. The molecule has 5 nitrogen and oxygen atoms in total. The van der Waals surface area contributed by atoms with E-state index >= 15 is 0 Å². The molecule has 0 heterocycles. The Morgan fingerprint density at radius 2 is 1.81 bits per heavy atom. The molecule has 0 spiro atoms. The number of amides is 1. The van der Waals surface area contributed by atoms with Crippen molar-refractivity contribution in [2.24, 2.45) is 0 Å². The van der Waals surface area contributed by atoms with Gasteiger partial charge in [-0.2, -0.15) is 0 Å². The van der Waals surface area contributed by atoms with Gasteiger partial charge in [-0.3, -0.25) is 4.79 Å². The van der Waals surface area contributed by atoms with Crippen LogP contribution in [0.3, 0.4) is 0 Å². The second-order valence-corrected chi connectivity index (χ2v) is 6.19. The molecule has 0 fully saturated rings. The maximum Gasteiger partial charge on any atom is 0.326 e. The summed E-state index contributed by atoms with van der Waals surface area (Å²) >= 11 is 0. The molecule has 0 unspecified atom stereocenters. The van der Waals surface area contributed by atoms with Gasteiger partial charge in [-0.15, -0.1) is 0 Å². The molecule has 2 aromatic rings. The van der Waals surface area contributed by atoms with Gasteiger partial charge in [0.15, 0.2) is 0 Å². The van der Waals surface area contributed by atoms with Crippen molar-refractivity contribution in [3.8, 4) is 5.75 Å². The van der Waals surface area contributed by atoms with E-state index in [1.54, 1.807) is 6.08 Å². The first kappa shape index (κ1) is 20.2. The van der Waals surface area contributed by atoms with Gasteiger partial charge in [-0.1, -0.05) is 55.8 Å². The van der Waals surface area contributed by atoms with Crippen molar-refractivity contribution in [2.45, 2.75) is 32.2 Å². The third-order valence-electron chi connectivity index (χ3n) is 3.97. The smallest absolute Gasteiger partial charge is 0.326 e. The number of hydrogen-bond acceptors (Lipinski definition) is 3. The van der Waals surface area contributed by atoms with E-state index in [4.69, 9.17) is 4.74 Å². The first-order valence-electron chi connectivity index (χ1n) is 9.06. The van der Waals surface area contributed by atoms with Crippen LogP contribution in [0.25, 0.3) is 6.08 Å². The van der Waals surface area contributed by atoms with Gasteiger partial charge in [0.25, 0.3) is 0 Å². The third-order valence-corrected chi connectivity index (χ3v) is 3.97. The van der Waals surface area contributed by atoms with E-state index in [0.717, 1.165) is 29.7 Å². The Kier molecular flexibility index (Phi) is 8.10. The number of unbranched alkanes of at least 4 members (excludes halogenated alkanes) is 1. The summed E-state index contributed by atoms with van der Waals surface area (Å²) in [5, 5.41) is 11.9. The average molecular weight is 367 g/mol. The largest absolute Gasteiger partial charge is 0.494 e. The first-order valence-corrected chi connectivity index (χ1v) is 9.06. The lowest BCUT2D eigenvalue weighted by molar-refractivity contribution is -0.141. The molecule has 0 aliphatic carbocycles. The Labute approximate surface area is 159 Å². The molecular weight excluding hydrogens is 342 g/mol. The molecule has 142 valence electrons. The second-order valence-electron chi connectivity index (χ2n) is 6.19. The molecule has 0 radical (unpaired) electrons. The molecule has 0 aliphatic rings. The van der Waals surface area contributed by atoms with Gasteiger partial charge < -0.3 is 15.2 Å². The van der Waals surface area contributed by atoms with Gasteiger partial charge in [0.05, 0.1) is 6.61 Å². The van der Waals surface area contributed by atoms with Crippen LogP contribution in [0.1, 0.15) is 30.9 Å². The van der Waals surface area contributed by atoms with Gasteiger partial charge in [0, 0.05) is 12.5 Å². The molecule has 2 rings (SSSR count). The van der Waals surface area contributed by atoms with Crippen molar-refractivity contribution in [3.05, 3.63) is 71.8 Å². The fourth-order valence-electron chi connectivity index (χ4n) is 2.45. The number of ether oxygens (including phenoxy) is 1. The summed E-state index contributed by atoms with van der Waals surface area (Å²) in [5.41, 5.74) is 1.69. The second kappa shape index (κ2) is 10.8. The van der Waals surface area contributed by atoms with Gasteiger partial charge in [0.1, 0.15) is 11.8 Å². The number of hydrogen-bond donors (Lipinski definition) is 2. The highest BCUT2D eigenvalue weighted by Crippen LogP contribution is 2.13. The molecule has 27 heavy (non-hydrogen) atoms. The van der Waals surface area contributed by atoms with E-state index < -0.39 is 17.9 Å². The zero-order chi connectivity index (χ0) is 19.5. The maximum absolute atomic E-state index is 12.1. The summed E-state index contributed by atoms with van der Waals surface area (Å²) in [5.74, 6) is -0.713. The van der Waals surface area contributed by atoms with Crippen LogP contribution < -0.4 is 10.1 Å². The van der Waals surface area contributed by atoms with E-state index in [1.807, 2.05) is 54.6 Å². The van der Waals surface area contributed by atoms with Gasteiger partial charge in [-0.25, -0.2) is 4.79 Å². The van der Waals surface area contributed by atoms with Crippen molar-refractivity contribution in [3.63, 3.8) is 0 Å². The molecule has 0 bridgehead atoms. The molecule has 1 atom stereocenters. The standard InChI is InChI=1S/C22H25NO4/c1-2-3-15-27-19-12-9-17(10-13-19)11-14-21(24)23-20(22(25)26)16-18-7-5-4-6-8-18/h4-14,20H,2-3,15-16H2,1H3,(H,23,24)(H,25,26)/b14-11+/t20-/m1/s1. The minimum absolute atomic E-state index is 0.236. The monoisotopic (exact) mass is 367 g/mol. The summed E-state index contributed by atoms with van der Waals surface area (Å²) in [7, 11) is 0. The SMILES string of the molecule is CCCCOc1ccc(/C=C/C(=O)N[C@H](Cc2ccccc2)C(=O)O)cc1. The number of carbonyl (C=O) groups excluding carboxylic acids is 1. The Morgan fingerprint density at radius 1 is 1.11 bits per heavy atom. The number of rotatable bonds is 10. The van der Waals surface area contributed by atoms with Crippen LogP contribution in [-0.4, -0.2) is 29.6 Å². The van der Waals surface area contributed by atoms with E-state index in [1.165, 1.54) is 6.08 Å². The summed E-state index contributed by atoms with van der Waals surface area (Å²) in [6, 6.07) is 15.6. The first-order chi connectivity index (χ1) is 13.1. The van der Waals surface area contributed by atoms with E-state index in [0.29, 0.717) is 6.61 Å². The van der Waals surface area contributed by atoms with Crippen molar-refractivity contribution >= 4 is 18.0 Å². The van der Waals surface area contributed by atoms with E-state index in [2.05, 4.69) is 12.2 Å². The number of nitrogens with one attached hydrogen (secondary N) is 1. The molecule has 2 N–H and O–H groups in total. The molecule has 0 saturated carbocycles. The summed E-state index contributed by atoms with van der Waals surface area (Å²) in [6.07, 6.45) is 5.31. The Morgan fingerprint density at radius 3 is 2.44 bits per heavy atom. The lowest BCUT2D eigenvalue weighted by atomic mass is 10.1. The molecular formula is C22H25NO4. The van der Waals surface area contributed by atoms with Gasteiger partial charge in [-0.05, 0) is 35.8 Å². The lowest BCUT2D eigenvalue weighted by Crippen LogP contribution is -2.41. The van der Waals surface area contributed by atoms with Crippen LogP contribution in [0.5, 0.6) is 5.75 Å². The number of benzene rings is 2. The number of aliphatic carboxylic acids is 1. The number of carboxylic acids is 1. The molecule has 0 aliphatic heterocycles. The van der Waals surface area contributed by atoms with E-state index in [-0.39, 0.29) is 6.42 Å². The van der Waals surface area contributed by atoms with Crippen LogP contribution in [0.4, 0.5) is 0 Å². The fourth-order valence-corrected chi connectivity index (χ4v) is 2.45. The van der Waals surface area contributed by atoms with Crippen molar-refractivity contribution in [1.82, 2.24) is 5.32 Å². The zero-order valence-electron chi connectivity index (χ0n) is 15.4. The van der Waals surface area contributed by atoms with Crippen LogP contribution in [-0.2, 0) is 16.0 Å². The van der Waals surface area contributed by atoms with Crippen LogP contribution in [0, 0.1) is 0 Å². The number of carbonyl (C=O) groups is 2. The van der Waals surface area contributed by atoms with Gasteiger partial charge >= 0.3 is 5.97 Å². The van der Waals surface area contributed by atoms with Crippen molar-refractivity contribution in [1.29, 1.82) is 0 Å². The minimum atomic E-state index is -1.06. The highest BCUT2D eigenvalue weighted by Gasteiger charge is 2.19.